The van der Waals surface area contributed by atoms with Crippen molar-refractivity contribution in [2.75, 3.05) is 0 Å². The van der Waals surface area contributed by atoms with E-state index in [1.807, 2.05) is 28.8 Å². The highest BCUT2D eigenvalue weighted by Gasteiger charge is 2.15. The smallest absolute Gasteiger partial charge is 0.303 e. The van der Waals surface area contributed by atoms with E-state index in [1.54, 1.807) is 6.20 Å². The molecule has 0 aliphatic rings. The predicted molar refractivity (Wildman–Crippen MR) is 80.0 cm³/mol. The number of nitrogens with zero attached hydrogens (tertiary/aromatic N) is 1. The maximum absolute atomic E-state index is 12.2. The van der Waals surface area contributed by atoms with E-state index in [1.165, 1.54) is 0 Å². The molecule has 0 spiro atoms. The number of fused-ring (bicyclic) bond motifs is 1. The third-order valence-corrected chi connectivity index (χ3v) is 3.44. The van der Waals surface area contributed by atoms with Crippen LogP contribution in [0.3, 0.4) is 0 Å². The van der Waals surface area contributed by atoms with Gasteiger partial charge >= 0.3 is 11.9 Å². The maximum Gasteiger partial charge on any atom is 0.303 e. The van der Waals surface area contributed by atoms with E-state index in [4.69, 9.17) is 10.2 Å². The van der Waals surface area contributed by atoms with Crippen LogP contribution in [0.2, 0.25) is 0 Å². The number of carboxylic acid groups (broad SMARTS) is 2. The molecular weight excluding hydrogens is 286 g/mol. The number of rotatable bonds is 8. The Hall–Kier alpha value is -2.63. The van der Waals surface area contributed by atoms with E-state index < -0.39 is 11.9 Å². The summed E-state index contributed by atoms with van der Waals surface area (Å²) in [5, 5.41) is 18.2. The highest BCUT2D eigenvalue weighted by molar-refractivity contribution is 6.08. The van der Waals surface area contributed by atoms with Gasteiger partial charge in [-0.15, -0.1) is 0 Å². The van der Waals surface area contributed by atoms with Crippen molar-refractivity contribution in [2.24, 2.45) is 0 Å². The largest absolute Gasteiger partial charge is 0.481 e. The van der Waals surface area contributed by atoms with E-state index in [9.17, 15) is 14.4 Å². The second-order valence-corrected chi connectivity index (χ2v) is 5.07. The fourth-order valence-electron chi connectivity index (χ4n) is 2.41. The van der Waals surface area contributed by atoms with Gasteiger partial charge in [0.1, 0.15) is 0 Å². The van der Waals surface area contributed by atoms with Crippen LogP contribution in [0.1, 0.15) is 36.0 Å². The van der Waals surface area contributed by atoms with Crippen molar-refractivity contribution in [2.45, 2.75) is 32.2 Å². The summed E-state index contributed by atoms with van der Waals surface area (Å²) in [4.78, 5) is 33.4. The highest BCUT2D eigenvalue weighted by atomic mass is 16.4. The first-order valence-electron chi connectivity index (χ1n) is 7.03. The molecular formula is C16H17NO5. The Morgan fingerprint density at radius 3 is 2.32 bits per heavy atom. The zero-order valence-electron chi connectivity index (χ0n) is 12.0. The Labute approximate surface area is 127 Å². The van der Waals surface area contributed by atoms with Gasteiger partial charge in [-0.3, -0.25) is 14.4 Å². The monoisotopic (exact) mass is 303 g/mol. The fraction of sp³-hybridized carbons (Fsp3) is 0.312. The molecule has 2 N–H and O–H groups in total. The van der Waals surface area contributed by atoms with E-state index in [-0.39, 0.29) is 25.0 Å². The number of ketones is 1. The Morgan fingerprint density at radius 1 is 0.955 bits per heavy atom. The lowest BCUT2D eigenvalue weighted by atomic mass is 10.1. The number of aryl methyl sites for hydroxylation is 1. The lowest BCUT2D eigenvalue weighted by molar-refractivity contribution is -0.138. The zero-order chi connectivity index (χ0) is 16.1. The van der Waals surface area contributed by atoms with Crippen molar-refractivity contribution >= 4 is 28.6 Å². The van der Waals surface area contributed by atoms with Gasteiger partial charge < -0.3 is 14.8 Å². The average Bonchev–Trinajstić information content (AvgIpc) is 2.84. The quantitative estimate of drug-likeness (QED) is 0.730. The minimum absolute atomic E-state index is 0.0432. The van der Waals surface area contributed by atoms with Crippen LogP contribution in [-0.4, -0.2) is 32.5 Å². The molecule has 0 bridgehead atoms. The van der Waals surface area contributed by atoms with Crippen molar-refractivity contribution in [3.8, 4) is 0 Å². The molecule has 1 aromatic carbocycles. The molecule has 1 aromatic heterocycles. The minimum Gasteiger partial charge on any atom is -0.481 e. The number of benzene rings is 1. The molecule has 116 valence electrons. The van der Waals surface area contributed by atoms with E-state index in [0.717, 1.165) is 10.9 Å². The summed E-state index contributed by atoms with van der Waals surface area (Å²) in [6, 6.07) is 7.35. The summed E-state index contributed by atoms with van der Waals surface area (Å²) in [7, 11) is 0. The molecule has 6 nitrogen and oxygen atoms in total. The summed E-state index contributed by atoms with van der Waals surface area (Å²) in [5.41, 5.74) is 1.35. The summed E-state index contributed by atoms with van der Waals surface area (Å²) in [6.45, 7) is 0.499. The molecule has 2 aromatic rings. The average molecular weight is 303 g/mol. The zero-order valence-corrected chi connectivity index (χ0v) is 12.0. The number of aromatic nitrogens is 1. The van der Waals surface area contributed by atoms with Gasteiger partial charge in [0.05, 0.1) is 6.42 Å². The van der Waals surface area contributed by atoms with E-state index in [2.05, 4.69) is 0 Å². The Bertz CT molecular complexity index is 716. The van der Waals surface area contributed by atoms with Crippen molar-refractivity contribution in [3.05, 3.63) is 36.0 Å². The van der Waals surface area contributed by atoms with Gasteiger partial charge in [-0.05, 0) is 12.5 Å². The van der Waals surface area contributed by atoms with Crippen molar-refractivity contribution in [1.29, 1.82) is 0 Å². The van der Waals surface area contributed by atoms with Gasteiger partial charge in [-0.25, -0.2) is 0 Å². The minimum atomic E-state index is -1.00. The number of aliphatic carboxylic acids is 2. The van der Waals surface area contributed by atoms with Gasteiger partial charge in [-0.2, -0.15) is 0 Å². The molecule has 2 rings (SSSR count). The molecule has 22 heavy (non-hydrogen) atoms. The standard InChI is InChI=1S/C16H17NO5/c18-14(7-8-16(21)22)12-10-17(9-3-6-15(19)20)13-5-2-1-4-11(12)13/h1-2,4-5,10H,3,6-9H2,(H,19,20)(H,21,22). The van der Waals surface area contributed by atoms with Crippen molar-refractivity contribution in [3.63, 3.8) is 0 Å². The lowest BCUT2D eigenvalue weighted by Gasteiger charge is -2.03. The predicted octanol–water partition coefficient (Wildman–Crippen LogP) is 2.55. The molecule has 0 amide bonds. The second kappa shape index (κ2) is 6.89. The van der Waals surface area contributed by atoms with E-state index in [0.29, 0.717) is 18.5 Å². The van der Waals surface area contributed by atoms with Crippen molar-refractivity contribution < 1.29 is 24.6 Å². The molecule has 0 fully saturated rings. The molecule has 0 unspecified atom stereocenters. The molecule has 0 radical (unpaired) electrons. The number of hydrogen-bond acceptors (Lipinski definition) is 3. The molecule has 1 heterocycles. The van der Waals surface area contributed by atoms with E-state index >= 15 is 0 Å². The number of Topliss-reactive ketones (excluding diaryl/α,β-unsaturated/α-hetero) is 1. The topological polar surface area (TPSA) is 96.6 Å². The summed E-state index contributed by atoms with van der Waals surface area (Å²) in [6.07, 6.45) is 1.98. The van der Waals surface area contributed by atoms with Crippen LogP contribution in [0.15, 0.2) is 30.5 Å². The number of para-hydroxylation sites is 1. The Kier molecular flexibility index (Phi) is 4.93. The van der Waals surface area contributed by atoms with Crippen LogP contribution in [0, 0.1) is 0 Å². The van der Waals surface area contributed by atoms with Gasteiger partial charge in [0.25, 0.3) is 0 Å². The molecule has 0 saturated carbocycles. The lowest BCUT2D eigenvalue weighted by Crippen LogP contribution is -2.04. The van der Waals surface area contributed by atoms with Crippen LogP contribution in [0.5, 0.6) is 0 Å². The van der Waals surface area contributed by atoms with Crippen LogP contribution < -0.4 is 0 Å². The molecule has 0 atom stereocenters. The Balaban J connectivity index is 2.25. The maximum atomic E-state index is 12.2. The summed E-state index contributed by atoms with van der Waals surface area (Å²) < 4.78 is 1.85. The number of carboxylic acids is 2. The van der Waals surface area contributed by atoms with Crippen molar-refractivity contribution in [1.82, 2.24) is 4.57 Å². The number of carbonyl (C=O) groups is 3. The second-order valence-electron chi connectivity index (χ2n) is 5.07. The molecule has 0 saturated heterocycles. The third kappa shape index (κ3) is 3.72. The fourth-order valence-corrected chi connectivity index (χ4v) is 2.41. The SMILES string of the molecule is O=C(O)CCCn1cc(C(=O)CCC(=O)O)c2ccccc21. The first-order chi connectivity index (χ1) is 10.5. The van der Waals surface area contributed by atoms with Gasteiger partial charge in [0.15, 0.2) is 5.78 Å². The molecule has 6 heteroatoms. The summed E-state index contributed by atoms with van der Waals surface area (Å²) >= 11 is 0. The van der Waals surface area contributed by atoms with Gasteiger partial charge in [0, 0.05) is 42.0 Å². The number of carbonyl (C=O) groups excluding carboxylic acids is 1. The van der Waals surface area contributed by atoms with Crippen LogP contribution in [-0.2, 0) is 16.1 Å². The van der Waals surface area contributed by atoms with Crippen LogP contribution in [0.4, 0.5) is 0 Å². The first kappa shape index (κ1) is 15.8. The van der Waals surface area contributed by atoms with Crippen LogP contribution in [0.25, 0.3) is 10.9 Å². The van der Waals surface area contributed by atoms with Crippen LogP contribution >= 0.6 is 0 Å². The normalized spacial score (nSPS) is 10.7. The van der Waals surface area contributed by atoms with Gasteiger partial charge in [0.2, 0.25) is 0 Å². The Morgan fingerprint density at radius 2 is 1.64 bits per heavy atom. The first-order valence-corrected chi connectivity index (χ1v) is 7.03. The molecule has 0 aliphatic heterocycles. The number of hydrogen-bond donors (Lipinski definition) is 2. The van der Waals surface area contributed by atoms with Gasteiger partial charge in [-0.1, -0.05) is 18.2 Å². The molecule has 0 aliphatic carbocycles. The highest BCUT2D eigenvalue weighted by Crippen LogP contribution is 2.23. The summed E-state index contributed by atoms with van der Waals surface area (Å²) in [5.74, 6) is -2.07. The third-order valence-electron chi connectivity index (χ3n) is 3.44.